The summed E-state index contributed by atoms with van der Waals surface area (Å²) in [5.41, 5.74) is -2.16. The maximum Gasteiger partial charge on any atom is 0.408 e. The summed E-state index contributed by atoms with van der Waals surface area (Å²) in [6.07, 6.45) is 0.0738. The number of likely N-dealkylation sites (tertiary alicyclic amines) is 1. The Balaban J connectivity index is 1.62. The van der Waals surface area contributed by atoms with E-state index in [4.69, 9.17) is 23.7 Å². The molecule has 4 saturated heterocycles. The highest BCUT2D eigenvalue weighted by Gasteiger charge is 2.55. The number of nitrogens with zero attached hydrogens (tertiary/aromatic N) is 2. The second-order valence-corrected chi connectivity index (χ2v) is 16.6. The molecule has 298 valence electrons. The van der Waals surface area contributed by atoms with Crippen molar-refractivity contribution in [3.8, 4) is 0 Å². The lowest BCUT2D eigenvalue weighted by Crippen LogP contribution is -2.60. The third-order valence-corrected chi connectivity index (χ3v) is 12.2. The molecule has 2 amide bonds. The van der Waals surface area contributed by atoms with Crippen LogP contribution in [0.4, 0.5) is 4.79 Å². The number of alkyl carbamates (subject to hydrolysis) is 1. The van der Waals surface area contributed by atoms with Crippen LogP contribution in [0.3, 0.4) is 0 Å². The Kier molecular flexibility index (Phi) is 14.5. The molecule has 14 nitrogen and oxygen atoms in total. The van der Waals surface area contributed by atoms with Crippen molar-refractivity contribution in [1.82, 2.24) is 20.4 Å². The average molecular weight is 739 g/mol. The van der Waals surface area contributed by atoms with Gasteiger partial charge in [-0.2, -0.15) is 0 Å². The molecule has 52 heavy (non-hydrogen) atoms. The minimum Gasteiger partial charge on any atom is -0.458 e. The lowest BCUT2D eigenvalue weighted by atomic mass is 9.76. The zero-order valence-corrected chi connectivity index (χ0v) is 33.1. The van der Waals surface area contributed by atoms with Crippen LogP contribution in [-0.4, -0.2) is 140 Å². The molecule has 4 aliphatic heterocycles. The van der Waals surface area contributed by atoms with E-state index in [1.54, 1.807) is 21.0 Å². The predicted octanol–water partition coefficient (Wildman–Crippen LogP) is 2.88. The van der Waals surface area contributed by atoms with E-state index in [1.165, 1.54) is 6.92 Å². The van der Waals surface area contributed by atoms with E-state index >= 15 is 0 Å². The van der Waals surface area contributed by atoms with Crippen molar-refractivity contribution in [3.05, 3.63) is 0 Å². The van der Waals surface area contributed by atoms with Crippen LogP contribution in [0.5, 0.6) is 0 Å². The number of ketones is 1. The van der Waals surface area contributed by atoms with Crippen molar-refractivity contribution in [2.75, 3.05) is 47.4 Å². The summed E-state index contributed by atoms with van der Waals surface area (Å²) in [7, 11) is 5.33. The Morgan fingerprint density at radius 2 is 1.77 bits per heavy atom. The van der Waals surface area contributed by atoms with Gasteiger partial charge >= 0.3 is 12.1 Å². The van der Waals surface area contributed by atoms with Gasteiger partial charge in [-0.3, -0.25) is 19.3 Å². The van der Waals surface area contributed by atoms with Gasteiger partial charge in [0, 0.05) is 25.6 Å². The fourth-order valence-corrected chi connectivity index (χ4v) is 8.91. The van der Waals surface area contributed by atoms with E-state index in [0.29, 0.717) is 25.8 Å². The largest absolute Gasteiger partial charge is 0.458 e. The topological polar surface area (TPSA) is 165 Å². The molecular formula is C38H66N4O10. The molecule has 4 heterocycles. The molecule has 0 bridgehead atoms. The number of hydrogen-bond donors (Lipinski definition) is 3. The van der Waals surface area contributed by atoms with Crippen molar-refractivity contribution in [2.24, 2.45) is 23.7 Å². The molecule has 0 aromatic heterocycles. The summed E-state index contributed by atoms with van der Waals surface area (Å²) in [5.74, 6) is -3.18. The number of ether oxygens (including phenoxy) is 5. The van der Waals surface area contributed by atoms with Gasteiger partial charge in [0.1, 0.15) is 18.1 Å². The van der Waals surface area contributed by atoms with E-state index in [1.807, 2.05) is 32.8 Å². The number of cyclic esters (lactones) is 1. The van der Waals surface area contributed by atoms with Gasteiger partial charge in [-0.15, -0.1) is 0 Å². The Bertz CT molecular complexity index is 1250. The van der Waals surface area contributed by atoms with Gasteiger partial charge in [-0.25, -0.2) is 4.79 Å². The molecule has 4 aliphatic rings. The third kappa shape index (κ3) is 9.65. The molecule has 14 heteroatoms. The number of hydrogen-bond acceptors (Lipinski definition) is 12. The van der Waals surface area contributed by atoms with Crippen molar-refractivity contribution in [2.45, 2.75) is 147 Å². The summed E-state index contributed by atoms with van der Waals surface area (Å²) in [4.78, 5) is 57.4. The monoisotopic (exact) mass is 738 g/mol. The second kappa shape index (κ2) is 17.9. The number of esters is 1. The lowest BCUT2D eigenvalue weighted by Gasteiger charge is -2.47. The molecular weight excluding hydrogens is 672 g/mol. The predicted molar refractivity (Wildman–Crippen MR) is 193 cm³/mol. The molecule has 4 rings (SSSR count). The van der Waals surface area contributed by atoms with Gasteiger partial charge in [0.2, 0.25) is 5.91 Å². The smallest absolute Gasteiger partial charge is 0.408 e. The van der Waals surface area contributed by atoms with Gasteiger partial charge in [0.25, 0.3) is 0 Å². The maximum atomic E-state index is 14.3. The number of amides is 2. The van der Waals surface area contributed by atoms with Gasteiger partial charge in [0.05, 0.1) is 30.4 Å². The van der Waals surface area contributed by atoms with E-state index in [0.717, 1.165) is 38.8 Å². The van der Waals surface area contributed by atoms with Gasteiger partial charge in [-0.1, -0.05) is 34.1 Å². The normalized spacial score (nSPS) is 41.4. The first-order chi connectivity index (χ1) is 24.4. The number of nitrogens with one attached hydrogen (secondary N) is 2. The van der Waals surface area contributed by atoms with Crippen molar-refractivity contribution >= 4 is 23.8 Å². The molecule has 0 aromatic carbocycles. The number of carbonyl (C=O) groups is 4. The fraction of sp³-hybridized carbons (Fsp3) is 0.895. The number of aliphatic hydroxyl groups is 1. The standard InChI is InChI=1S/C38H66N4O10/c1-11-28-38(7)32(40-36(47)52-38)23(3)15-14-22(2)19-37(6,48-10)33(24(4)30(44)25(5)34(46)50-28)51-35-31(45)27(41(8)9)18-26(49-35)20-39-29(43)21-42-16-12-13-17-42/h22-28,31-33,35,45H,11-21H2,1-10H3,(H,39,43)(H,40,47)/t22-,23-,24-,25?,26?,27?,28+,31?,32+,33+,35-,37+,38+/m0/s1. The molecule has 0 aromatic rings. The first kappa shape index (κ1) is 42.4. The highest BCUT2D eigenvalue weighted by Crippen LogP contribution is 2.40. The number of likely N-dealkylation sites (N-methyl/N-ethyl adjacent to an activating group) is 1. The Morgan fingerprint density at radius 1 is 1.10 bits per heavy atom. The second-order valence-electron chi connectivity index (χ2n) is 16.6. The summed E-state index contributed by atoms with van der Waals surface area (Å²) in [6.45, 7) is 15.3. The number of rotatable bonds is 9. The van der Waals surface area contributed by atoms with Gasteiger partial charge in [0.15, 0.2) is 17.7 Å². The Labute approximate surface area is 310 Å². The SMILES string of the molecule is CC[C@H]1OC(=O)C(C)C(=O)[C@H](C)[C@@H](O[C@@H]2OC(CNC(=O)CN3CCCC3)CC(N(C)C)C2O)[C@](C)(OC)C[C@@H](C)CC[C@H](C)[C@H]2NC(=O)O[C@@]21C. The molecule has 0 saturated carbocycles. The fourth-order valence-electron chi connectivity index (χ4n) is 8.91. The van der Waals surface area contributed by atoms with Crippen molar-refractivity contribution in [1.29, 1.82) is 0 Å². The number of aliphatic hydroxyl groups excluding tert-OH is 1. The van der Waals surface area contributed by atoms with Crippen LogP contribution < -0.4 is 10.6 Å². The molecule has 3 N–H and O–H groups in total. The molecule has 4 unspecified atom stereocenters. The molecule has 0 aliphatic carbocycles. The molecule has 13 atom stereocenters. The van der Waals surface area contributed by atoms with E-state index in [-0.39, 0.29) is 30.3 Å². The first-order valence-electron chi connectivity index (χ1n) is 19.4. The minimum absolute atomic E-state index is 0.0165. The highest BCUT2D eigenvalue weighted by atomic mass is 16.7. The summed E-state index contributed by atoms with van der Waals surface area (Å²) in [6, 6.07) is -0.762. The van der Waals surface area contributed by atoms with Crippen LogP contribution in [0.1, 0.15) is 93.4 Å². The quantitative estimate of drug-likeness (QED) is 0.235. The summed E-state index contributed by atoms with van der Waals surface area (Å²) < 4.78 is 31.2. The van der Waals surface area contributed by atoms with Crippen LogP contribution in [0, 0.1) is 23.7 Å². The van der Waals surface area contributed by atoms with Crippen LogP contribution in [0.25, 0.3) is 0 Å². The van der Waals surface area contributed by atoms with E-state index < -0.39 is 77.6 Å². The first-order valence-corrected chi connectivity index (χ1v) is 19.4. The Morgan fingerprint density at radius 3 is 2.38 bits per heavy atom. The van der Waals surface area contributed by atoms with Crippen molar-refractivity contribution < 1.29 is 48.0 Å². The zero-order valence-electron chi connectivity index (χ0n) is 33.1. The van der Waals surface area contributed by atoms with Crippen LogP contribution in [0.2, 0.25) is 0 Å². The lowest BCUT2D eigenvalue weighted by molar-refractivity contribution is -0.297. The number of Topliss-reactive ketones (excluding diaryl/α,β-unsaturated/α-hetero) is 1. The van der Waals surface area contributed by atoms with E-state index in [9.17, 15) is 24.3 Å². The van der Waals surface area contributed by atoms with E-state index in [2.05, 4.69) is 29.4 Å². The summed E-state index contributed by atoms with van der Waals surface area (Å²) in [5, 5.41) is 17.6. The Hall–Kier alpha value is -2.36. The molecule has 0 spiro atoms. The van der Waals surface area contributed by atoms with Crippen molar-refractivity contribution in [3.63, 3.8) is 0 Å². The minimum atomic E-state index is -1.17. The summed E-state index contributed by atoms with van der Waals surface area (Å²) >= 11 is 0. The van der Waals surface area contributed by atoms with Crippen LogP contribution in [-0.2, 0) is 38.1 Å². The zero-order chi connectivity index (χ0) is 38.5. The molecule has 0 radical (unpaired) electrons. The van der Waals surface area contributed by atoms with Gasteiger partial charge in [-0.05, 0) is 98.3 Å². The molecule has 4 fully saturated rings. The third-order valence-electron chi connectivity index (χ3n) is 12.2. The maximum absolute atomic E-state index is 14.3. The van der Waals surface area contributed by atoms with Crippen LogP contribution >= 0.6 is 0 Å². The van der Waals surface area contributed by atoms with Gasteiger partial charge < -0.3 is 44.3 Å². The number of fused-ring (bicyclic) bond motifs is 1. The number of carbonyl (C=O) groups excluding carboxylic acids is 4. The van der Waals surface area contributed by atoms with Crippen LogP contribution in [0.15, 0.2) is 0 Å². The highest BCUT2D eigenvalue weighted by molar-refractivity contribution is 6.00. The number of methoxy groups -OCH3 is 1. The average Bonchev–Trinajstić information content (AvgIpc) is 3.73.